The molecule has 0 bridgehead atoms. The Hall–Kier alpha value is -1.32. The van der Waals surface area contributed by atoms with E-state index in [9.17, 15) is 9.59 Å². The van der Waals surface area contributed by atoms with Crippen molar-refractivity contribution < 1.29 is 14.3 Å². The Balaban J connectivity index is 2.52. The van der Waals surface area contributed by atoms with Crippen molar-refractivity contribution in [2.45, 2.75) is 58.1 Å². The summed E-state index contributed by atoms with van der Waals surface area (Å²) in [4.78, 5) is 25.3. The number of hydrogen-bond donors (Lipinski definition) is 0. The number of ether oxygens (including phenoxy) is 1. The minimum Gasteiger partial charge on any atom is -0.444 e. The monoisotopic (exact) mass is 253 g/mol. The number of Topliss-reactive ketones (excluding diaryl/α,β-unsaturated/α-hetero) is 1. The van der Waals surface area contributed by atoms with E-state index < -0.39 is 5.60 Å². The number of carbonyl (C=O) groups excluding carboxylic acids is 2. The molecule has 0 N–H and O–H groups in total. The lowest BCUT2D eigenvalue weighted by molar-refractivity contribution is -0.120. The van der Waals surface area contributed by atoms with Crippen molar-refractivity contribution >= 4 is 11.9 Å². The van der Waals surface area contributed by atoms with E-state index in [1.165, 1.54) is 0 Å². The quantitative estimate of drug-likeness (QED) is 0.684. The maximum absolute atomic E-state index is 12.0. The Morgan fingerprint density at radius 1 is 1.39 bits per heavy atom. The molecule has 1 amide bonds. The van der Waals surface area contributed by atoms with Crippen LogP contribution in [0.4, 0.5) is 4.79 Å². The topological polar surface area (TPSA) is 46.6 Å². The van der Waals surface area contributed by atoms with Crippen molar-refractivity contribution in [3.63, 3.8) is 0 Å². The second-order valence-electron chi connectivity index (χ2n) is 5.71. The molecular weight excluding hydrogens is 230 g/mol. The second-order valence-corrected chi connectivity index (χ2v) is 5.71. The highest BCUT2D eigenvalue weighted by atomic mass is 16.6. The lowest BCUT2D eigenvalue weighted by atomic mass is 10.2. The fraction of sp³-hybridized carbons (Fsp3) is 0.714. The van der Waals surface area contributed by atoms with Gasteiger partial charge in [0, 0.05) is 12.5 Å². The van der Waals surface area contributed by atoms with Gasteiger partial charge in [0.25, 0.3) is 0 Å². The highest BCUT2D eigenvalue weighted by molar-refractivity contribution is 5.84. The first-order valence-electron chi connectivity index (χ1n) is 6.45. The van der Waals surface area contributed by atoms with E-state index in [2.05, 4.69) is 6.58 Å². The van der Waals surface area contributed by atoms with E-state index in [1.54, 1.807) is 11.0 Å². The molecule has 1 fully saturated rings. The van der Waals surface area contributed by atoms with Crippen LogP contribution in [0.2, 0.25) is 0 Å². The van der Waals surface area contributed by atoms with Gasteiger partial charge in [-0.1, -0.05) is 6.08 Å². The summed E-state index contributed by atoms with van der Waals surface area (Å²) in [5.41, 5.74) is -0.519. The third-order valence-corrected chi connectivity index (χ3v) is 2.59. The predicted molar refractivity (Wildman–Crippen MR) is 70.4 cm³/mol. The molecule has 0 heterocycles. The second kappa shape index (κ2) is 6.03. The van der Waals surface area contributed by atoms with Crippen molar-refractivity contribution in [1.29, 1.82) is 0 Å². The van der Waals surface area contributed by atoms with Crippen LogP contribution in [0.25, 0.3) is 0 Å². The summed E-state index contributed by atoms with van der Waals surface area (Å²) >= 11 is 0. The average Bonchev–Trinajstić information content (AvgIpc) is 3.04. The molecule has 1 saturated carbocycles. The van der Waals surface area contributed by atoms with Crippen LogP contribution in [0, 0.1) is 0 Å². The van der Waals surface area contributed by atoms with Gasteiger partial charge < -0.3 is 4.74 Å². The minimum atomic E-state index is -0.519. The maximum atomic E-state index is 12.0. The maximum Gasteiger partial charge on any atom is 0.410 e. The molecule has 0 aliphatic heterocycles. The Labute approximate surface area is 109 Å². The van der Waals surface area contributed by atoms with Crippen molar-refractivity contribution in [1.82, 2.24) is 4.90 Å². The zero-order valence-corrected chi connectivity index (χ0v) is 11.6. The van der Waals surface area contributed by atoms with Crippen LogP contribution < -0.4 is 0 Å². The van der Waals surface area contributed by atoms with Gasteiger partial charge in [-0.3, -0.25) is 9.69 Å². The van der Waals surface area contributed by atoms with E-state index in [-0.39, 0.29) is 24.5 Å². The average molecular weight is 253 g/mol. The number of ketones is 1. The first-order valence-corrected chi connectivity index (χ1v) is 6.45. The molecular formula is C14H23NO3. The third-order valence-electron chi connectivity index (χ3n) is 2.59. The van der Waals surface area contributed by atoms with Gasteiger partial charge in [-0.25, -0.2) is 4.79 Å². The largest absolute Gasteiger partial charge is 0.444 e. The number of carbonyl (C=O) groups is 2. The normalized spacial score (nSPS) is 15.1. The van der Waals surface area contributed by atoms with Crippen LogP contribution in [0.5, 0.6) is 0 Å². The molecule has 1 aliphatic carbocycles. The number of hydrogen-bond acceptors (Lipinski definition) is 3. The Bertz CT molecular complexity index is 326. The number of nitrogens with zero attached hydrogens (tertiary/aromatic N) is 1. The van der Waals surface area contributed by atoms with Gasteiger partial charge in [0.2, 0.25) is 0 Å². The van der Waals surface area contributed by atoms with Crippen molar-refractivity contribution in [3.05, 3.63) is 12.7 Å². The van der Waals surface area contributed by atoms with Crippen LogP contribution in [-0.4, -0.2) is 35.0 Å². The molecule has 0 atom stereocenters. The summed E-state index contributed by atoms with van der Waals surface area (Å²) in [7, 11) is 0. The van der Waals surface area contributed by atoms with Gasteiger partial charge in [0.15, 0.2) is 5.78 Å². The summed E-state index contributed by atoms with van der Waals surface area (Å²) in [6.07, 6.45) is 4.37. The molecule has 4 heteroatoms. The Kier molecular flexibility index (Phi) is 4.93. The number of allylic oxidation sites excluding steroid dienone is 1. The minimum absolute atomic E-state index is 0.0626. The smallest absolute Gasteiger partial charge is 0.410 e. The van der Waals surface area contributed by atoms with Gasteiger partial charge in [-0.05, 0) is 40.0 Å². The SMILES string of the molecule is C=CCCC(=O)CN(C(=O)OC(C)(C)C)C1CC1. The molecule has 0 aromatic heterocycles. The summed E-state index contributed by atoms with van der Waals surface area (Å²) < 4.78 is 5.32. The molecule has 0 aromatic rings. The van der Waals surface area contributed by atoms with Crippen LogP contribution >= 0.6 is 0 Å². The van der Waals surface area contributed by atoms with Crippen LogP contribution in [0.1, 0.15) is 46.5 Å². The lowest BCUT2D eigenvalue weighted by Gasteiger charge is -2.27. The lowest BCUT2D eigenvalue weighted by Crippen LogP contribution is -2.41. The van der Waals surface area contributed by atoms with Gasteiger partial charge >= 0.3 is 6.09 Å². The van der Waals surface area contributed by atoms with E-state index in [0.717, 1.165) is 12.8 Å². The summed E-state index contributed by atoms with van der Waals surface area (Å²) in [5.74, 6) is 0.0626. The highest BCUT2D eigenvalue weighted by Crippen LogP contribution is 2.28. The standard InChI is InChI=1S/C14H23NO3/c1-5-6-7-12(16)10-15(11-8-9-11)13(17)18-14(2,3)4/h5,11H,1,6-10H2,2-4H3. The van der Waals surface area contributed by atoms with Crippen molar-refractivity contribution in [3.8, 4) is 0 Å². The summed E-state index contributed by atoms with van der Waals surface area (Å²) in [6, 6.07) is 0.188. The van der Waals surface area contributed by atoms with Crippen LogP contribution in [0.15, 0.2) is 12.7 Å². The third kappa shape index (κ3) is 5.34. The molecule has 0 spiro atoms. The number of amides is 1. The fourth-order valence-corrected chi connectivity index (χ4v) is 1.58. The van der Waals surface area contributed by atoms with Gasteiger partial charge in [-0.15, -0.1) is 6.58 Å². The van der Waals surface area contributed by atoms with Gasteiger partial charge in [0.1, 0.15) is 5.60 Å². The summed E-state index contributed by atoms with van der Waals surface area (Å²) in [5, 5.41) is 0. The van der Waals surface area contributed by atoms with E-state index >= 15 is 0 Å². The zero-order chi connectivity index (χ0) is 13.8. The Morgan fingerprint density at radius 3 is 2.44 bits per heavy atom. The first kappa shape index (κ1) is 14.7. The molecule has 0 radical (unpaired) electrons. The van der Waals surface area contributed by atoms with E-state index in [1.807, 2.05) is 20.8 Å². The predicted octanol–water partition coefficient (Wildman–Crippen LogP) is 2.92. The highest BCUT2D eigenvalue weighted by Gasteiger charge is 2.36. The molecule has 1 rings (SSSR count). The molecule has 102 valence electrons. The molecule has 1 aliphatic rings. The Morgan fingerprint density at radius 2 is 2.00 bits per heavy atom. The first-order chi connectivity index (χ1) is 8.33. The molecule has 0 unspecified atom stereocenters. The summed E-state index contributed by atoms with van der Waals surface area (Å²) in [6.45, 7) is 9.23. The molecule has 0 aromatic carbocycles. The van der Waals surface area contributed by atoms with Gasteiger partial charge in [-0.2, -0.15) is 0 Å². The fourth-order valence-electron chi connectivity index (χ4n) is 1.58. The van der Waals surface area contributed by atoms with Gasteiger partial charge in [0.05, 0.1) is 6.54 Å². The molecule has 18 heavy (non-hydrogen) atoms. The van der Waals surface area contributed by atoms with Crippen molar-refractivity contribution in [2.24, 2.45) is 0 Å². The zero-order valence-electron chi connectivity index (χ0n) is 11.6. The van der Waals surface area contributed by atoms with Crippen molar-refractivity contribution in [2.75, 3.05) is 6.54 Å². The number of rotatable bonds is 6. The van der Waals surface area contributed by atoms with Crippen LogP contribution in [0.3, 0.4) is 0 Å². The molecule has 0 saturated heterocycles. The molecule has 4 nitrogen and oxygen atoms in total. The van der Waals surface area contributed by atoms with Crippen LogP contribution in [-0.2, 0) is 9.53 Å². The van der Waals surface area contributed by atoms with E-state index in [0.29, 0.717) is 12.8 Å². The van der Waals surface area contributed by atoms with E-state index in [4.69, 9.17) is 4.74 Å².